The summed E-state index contributed by atoms with van der Waals surface area (Å²) < 4.78 is 13.0. The number of amides is 2. The van der Waals surface area contributed by atoms with Gasteiger partial charge in [0.15, 0.2) is 5.69 Å². The van der Waals surface area contributed by atoms with Crippen LogP contribution in [0.5, 0.6) is 0 Å². The van der Waals surface area contributed by atoms with E-state index in [9.17, 15) is 14.0 Å². The average molecular weight is 366 g/mol. The summed E-state index contributed by atoms with van der Waals surface area (Å²) in [5.74, 6) is -0.696. The third-order valence-electron chi connectivity index (χ3n) is 4.90. The summed E-state index contributed by atoms with van der Waals surface area (Å²) in [5.41, 5.74) is 1.69. The summed E-state index contributed by atoms with van der Waals surface area (Å²) in [6.45, 7) is 1.10. The largest absolute Gasteiger partial charge is 0.349 e. The third kappa shape index (κ3) is 3.53. The van der Waals surface area contributed by atoms with E-state index in [-0.39, 0.29) is 23.7 Å². The molecule has 1 aromatic heterocycles. The second-order valence-electron chi connectivity index (χ2n) is 6.66. The number of para-hydroxylation sites is 1. The fourth-order valence-corrected chi connectivity index (χ4v) is 3.37. The zero-order valence-electron chi connectivity index (χ0n) is 14.6. The molecule has 2 aromatic carbocycles. The Labute approximate surface area is 155 Å². The monoisotopic (exact) mass is 366 g/mol. The van der Waals surface area contributed by atoms with Crippen molar-refractivity contribution in [1.29, 1.82) is 0 Å². The molecule has 1 aliphatic heterocycles. The summed E-state index contributed by atoms with van der Waals surface area (Å²) in [6.07, 6.45) is 1.34. The number of nitrogens with zero attached hydrogens (tertiary/aromatic N) is 2. The maximum Gasteiger partial charge on any atom is 0.274 e. The van der Waals surface area contributed by atoms with Crippen LogP contribution in [0.3, 0.4) is 0 Å². The van der Waals surface area contributed by atoms with Crippen molar-refractivity contribution in [2.75, 3.05) is 13.1 Å². The van der Waals surface area contributed by atoms with Gasteiger partial charge in [-0.15, -0.1) is 0 Å². The van der Waals surface area contributed by atoms with Gasteiger partial charge in [0.05, 0.1) is 5.52 Å². The molecule has 4 rings (SSSR count). The second kappa shape index (κ2) is 7.19. The number of aromatic nitrogens is 2. The van der Waals surface area contributed by atoms with Gasteiger partial charge >= 0.3 is 0 Å². The Bertz CT molecular complexity index is 975. The van der Waals surface area contributed by atoms with Crippen LogP contribution in [0, 0.1) is 5.82 Å². The van der Waals surface area contributed by atoms with E-state index in [0.717, 1.165) is 10.9 Å². The highest BCUT2D eigenvalue weighted by atomic mass is 19.1. The standard InChI is InChI=1S/C20H19FN4O2/c21-14-7-5-13(6-8-14)19(26)22-15-9-11-25(12-10-15)20(27)18-16-3-1-2-4-17(16)23-24-18/h1-8,15H,9-12H2,(H,22,26)(H,23,24). The van der Waals surface area contributed by atoms with E-state index in [2.05, 4.69) is 15.5 Å². The number of halogens is 1. The van der Waals surface area contributed by atoms with Gasteiger partial charge < -0.3 is 10.2 Å². The number of rotatable bonds is 3. The zero-order valence-corrected chi connectivity index (χ0v) is 14.6. The van der Waals surface area contributed by atoms with E-state index >= 15 is 0 Å². The molecular formula is C20H19FN4O2. The Morgan fingerprint density at radius 3 is 2.52 bits per heavy atom. The maximum atomic E-state index is 13.0. The van der Waals surface area contributed by atoms with E-state index in [4.69, 9.17) is 0 Å². The number of aromatic amines is 1. The number of carbonyl (C=O) groups excluding carboxylic acids is 2. The fourth-order valence-electron chi connectivity index (χ4n) is 3.37. The smallest absolute Gasteiger partial charge is 0.274 e. The first-order valence-corrected chi connectivity index (χ1v) is 8.90. The van der Waals surface area contributed by atoms with Gasteiger partial charge in [-0.1, -0.05) is 18.2 Å². The lowest BCUT2D eigenvalue weighted by molar-refractivity contribution is 0.0694. The molecule has 2 N–H and O–H groups in total. The number of benzene rings is 2. The number of nitrogens with one attached hydrogen (secondary N) is 2. The topological polar surface area (TPSA) is 78.1 Å². The van der Waals surface area contributed by atoms with Crippen molar-refractivity contribution in [1.82, 2.24) is 20.4 Å². The van der Waals surface area contributed by atoms with Crippen LogP contribution in [0.25, 0.3) is 10.9 Å². The Hall–Kier alpha value is -3.22. The van der Waals surface area contributed by atoms with Crippen molar-refractivity contribution in [3.05, 3.63) is 65.6 Å². The first kappa shape index (κ1) is 17.2. The van der Waals surface area contributed by atoms with Crippen LogP contribution < -0.4 is 5.32 Å². The quantitative estimate of drug-likeness (QED) is 0.748. The molecule has 1 aliphatic rings. The zero-order chi connectivity index (χ0) is 18.8. The normalized spacial score (nSPS) is 15.1. The van der Waals surface area contributed by atoms with Gasteiger partial charge in [0, 0.05) is 30.1 Å². The van der Waals surface area contributed by atoms with Crippen molar-refractivity contribution >= 4 is 22.7 Å². The van der Waals surface area contributed by atoms with Gasteiger partial charge in [0.25, 0.3) is 11.8 Å². The summed E-state index contributed by atoms with van der Waals surface area (Å²) >= 11 is 0. The summed E-state index contributed by atoms with van der Waals surface area (Å²) in [4.78, 5) is 26.8. The molecule has 2 amide bonds. The molecule has 0 atom stereocenters. The Morgan fingerprint density at radius 1 is 1.07 bits per heavy atom. The Morgan fingerprint density at radius 2 is 1.78 bits per heavy atom. The van der Waals surface area contributed by atoms with Crippen LogP contribution in [0.2, 0.25) is 0 Å². The molecule has 7 heteroatoms. The Kier molecular flexibility index (Phi) is 4.58. The average Bonchev–Trinajstić information content (AvgIpc) is 3.12. The van der Waals surface area contributed by atoms with Gasteiger partial charge in [-0.25, -0.2) is 4.39 Å². The van der Waals surface area contributed by atoms with Gasteiger partial charge in [-0.2, -0.15) is 5.10 Å². The predicted octanol–water partition coefficient (Wildman–Crippen LogP) is 2.74. The van der Waals surface area contributed by atoms with Crippen LogP contribution in [-0.4, -0.2) is 46.0 Å². The van der Waals surface area contributed by atoms with Crippen LogP contribution >= 0.6 is 0 Å². The number of likely N-dealkylation sites (tertiary alicyclic amines) is 1. The van der Waals surface area contributed by atoms with Crippen molar-refractivity contribution < 1.29 is 14.0 Å². The molecule has 3 aromatic rings. The first-order valence-electron chi connectivity index (χ1n) is 8.90. The van der Waals surface area contributed by atoms with E-state index < -0.39 is 0 Å². The number of piperidine rings is 1. The summed E-state index contributed by atoms with van der Waals surface area (Å²) in [7, 11) is 0. The van der Waals surface area contributed by atoms with Gasteiger partial charge in [-0.3, -0.25) is 14.7 Å². The highest BCUT2D eigenvalue weighted by molar-refractivity contribution is 6.04. The molecular weight excluding hydrogens is 347 g/mol. The predicted molar refractivity (Wildman–Crippen MR) is 98.9 cm³/mol. The van der Waals surface area contributed by atoms with Gasteiger partial charge in [0.1, 0.15) is 5.82 Å². The van der Waals surface area contributed by atoms with E-state index in [1.54, 1.807) is 4.90 Å². The Balaban J connectivity index is 1.36. The lowest BCUT2D eigenvalue weighted by Gasteiger charge is -2.32. The third-order valence-corrected chi connectivity index (χ3v) is 4.90. The lowest BCUT2D eigenvalue weighted by atomic mass is 10.0. The molecule has 1 fully saturated rings. The minimum atomic E-state index is -0.371. The number of H-pyrrole nitrogens is 1. The number of fused-ring (bicyclic) bond motifs is 1. The van der Waals surface area contributed by atoms with Crippen molar-refractivity contribution in [2.24, 2.45) is 0 Å². The highest BCUT2D eigenvalue weighted by Gasteiger charge is 2.27. The molecule has 0 spiro atoms. The van der Waals surface area contributed by atoms with Crippen LogP contribution in [0.1, 0.15) is 33.7 Å². The molecule has 6 nitrogen and oxygen atoms in total. The molecule has 0 aliphatic carbocycles. The van der Waals surface area contributed by atoms with Crippen LogP contribution in [-0.2, 0) is 0 Å². The van der Waals surface area contributed by atoms with Crippen LogP contribution in [0.4, 0.5) is 4.39 Å². The van der Waals surface area contributed by atoms with Crippen LogP contribution in [0.15, 0.2) is 48.5 Å². The second-order valence-corrected chi connectivity index (χ2v) is 6.66. The molecule has 27 heavy (non-hydrogen) atoms. The summed E-state index contributed by atoms with van der Waals surface area (Å²) in [5, 5.41) is 10.8. The minimum Gasteiger partial charge on any atom is -0.349 e. The fraction of sp³-hybridized carbons (Fsp3) is 0.250. The molecule has 0 radical (unpaired) electrons. The molecule has 1 saturated heterocycles. The lowest BCUT2D eigenvalue weighted by Crippen LogP contribution is -2.46. The molecule has 0 bridgehead atoms. The van der Waals surface area contributed by atoms with Gasteiger partial charge in [-0.05, 0) is 43.2 Å². The van der Waals surface area contributed by atoms with Crippen molar-refractivity contribution in [3.63, 3.8) is 0 Å². The van der Waals surface area contributed by atoms with E-state index in [1.807, 2.05) is 24.3 Å². The summed E-state index contributed by atoms with van der Waals surface area (Å²) in [6, 6.07) is 13.0. The number of hydrogen-bond donors (Lipinski definition) is 2. The first-order chi connectivity index (χ1) is 13.1. The number of carbonyl (C=O) groups is 2. The van der Waals surface area contributed by atoms with Gasteiger partial charge in [0.2, 0.25) is 0 Å². The van der Waals surface area contributed by atoms with Crippen molar-refractivity contribution in [3.8, 4) is 0 Å². The molecule has 2 heterocycles. The molecule has 0 saturated carbocycles. The SMILES string of the molecule is O=C(NC1CCN(C(=O)c2n[nH]c3ccccc23)CC1)c1ccc(F)cc1. The van der Waals surface area contributed by atoms with Crippen molar-refractivity contribution in [2.45, 2.75) is 18.9 Å². The number of hydrogen-bond acceptors (Lipinski definition) is 3. The molecule has 138 valence electrons. The minimum absolute atomic E-state index is 0.0115. The highest BCUT2D eigenvalue weighted by Crippen LogP contribution is 2.19. The van der Waals surface area contributed by atoms with E-state index in [0.29, 0.717) is 37.2 Å². The van der Waals surface area contributed by atoms with E-state index in [1.165, 1.54) is 24.3 Å². The maximum absolute atomic E-state index is 13.0. The molecule has 0 unspecified atom stereocenters.